The van der Waals surface area contributed by atoms with Crippen LogP contribution in [-0.4, -0.2) is 30.2 Å². The maximum Gasteiger partial charge on any atom is 0.0494 e. The molecule has 0 aliphatic rings. The fraction of sp³-hybridized carbons (Fsp3) is 0.571. The summed E-state index contributed by atoms with van der Waals surface area (Å²) in [6.07, 6.45) is 0. The topological polar surface area (TPSA) is 23.5 Å². The number of rotatable bonds is 5. The van der Waals surface area contributed by atoms with Crippen LogP contribution in [0.5, 0.6) is 0 Å². The van der Waals surface area contributed by atoms with Crippen molar-refractivity contribution in [2.24, 2.45) is 5.41 Å². The van der Waals surface area contributed by atoms with Gasteiger partial charge in [0.05, 0.1) is 0 Å². The zero-order chi connectivity index (χ0) is 12.2. The zero-order valence-corrected chi connectivity index (χ0v) is 10.8. The maximum atomic E-state index is 9.22. The summed E-state index contributed by atoms with van der Waals surface area (Å²) in [5.41, 5.74) is 2.59. The van der Waals surface area contributed by atoms with Crippen LogP contribution in [0.1, 0.15) is 25.0 Å². The lowest BCUT2D eigenvalue weighted by Gasteiger charge is -2.28. The molecule has 0 saturated heterocycles. The molecule has 2 nitrogen and oxygen atoms in total. The molecule has 0 unspecified atom stereocenters. The molecule has 16 heavy (non-hydrogen) atoms. The quantitative estimate of drug-likeness (QED) is 0.825. The summed E-state index contributed by atoms with van der Waals surface area (Å²) >= 11 is 0. The molecule has 0 radical (unpaired) electrons. The predicted octanol–water partition coefficient (Wildman–Crippen LogP) is 2.45. The van der Waals surface area contributed by atoms with Crippen molar-refractivity contribution in [2.45, 2.75) is 27.3 Å². The molecule has 0 amide bonds. The molecule has 0 spiro atoms. The molecule has 0 aliphatic heterocycles. The van der Waals surface area contributed by atoms with E-state index in [2.05, 4.69) is 57.0 Å². The predicted molar refractivity (Wildman–Crippen MR) is 68.4 cm³/mol. The van der Waals surface area contributed by atoms with Gasteiger partial charge >= 0.3 is 0 Å². The van der Waals surface area contributed by atoms with Crippen LogP contribution in [0.3, 0.4) is 0 Å². The largest absolute Gasteiger partial charge is 0.396 e. The number of hydrogen-bond acceptors (Lipinski definition) is 2. The van der Waals surface area contributed by atoms with Crippen molar-refractivity contribution in [2.75, 3.05) is 20.2 Å². The normalized spacial score (nSPS) is 12.1. The lowest BCUT2D eigenvalue weighted by atomic mass is 9.94. The maximum absolute atomic E-state index is 9.22. The van der Waals surface area contributed by atoms with Gasteiger partial charge in [-0.2, -0.15) is 0 Å². The average molecular weight is 221 g/mol. The molecule has 90 valence electrons. The van der Waals surface area contributed by atoms with E-state index in [1.54, 1.807) is 0 Å². The molecule has 1 N–H and O–H groups in total. The third-order valence-corrected chi connectivity index (χ3v) is 2.70. The highest BCUT2D eigenvalue weighted by molar-refractivity contribution is 5.21. The minimum Gasteiger partial charge on any atom is -0.396 e. The van der Waals surface area contributed by atoms with E-state index in [9.17, 15) is 5.11 Å². The molecule has 2 heteroatoms. The zero-order valence-electron chi connectivity index (χ0n) is 10.8. The van der Waals surface area contributed by atoms with Crippen LogP contribution in [0.2, 0.25) is 0 Å². The molecule has 1 aromatic carbocycles. The van der Waals surface area contributed by atoms with Crippen LogP contribution in [0, 0.1) is 12.3 Å². The molecule has 0 aromatic heterocycles. The Morgan fingerprint density at radius 1 is 1.19 bits per heavy atom. The Labute approximate surface area is 98.9 Å². The Balaban J connectivity index is 2.51. The van der Waals surface area contributed by atoms with Crippen molar-refractivity contribution in [3.05, 3.63) is 35.4 Å². The lowest BCUT2D eigenvalue weighted by Crippen LogP contribution is -2.33. The highest BCUT2D eigenvalue weighted by atomic mass is 16.3. The summed E-state index contributed by atoms with van der Waals surface area (Å²) in [5, 5.41) is 9.22. The van der Waals surface area contributed by atoms with Gasteiger partial charge in [0.25, 0.3) is 0 Å². The SMILES string of the molecule is Cc1ccc(CN(C)CC(C)(C)CO)cc1. The fourth-order valence-corrected chi connectivity index (χ4v) is 1.84. The fourth-order valence-electron chi connectivity index (χ4n) is 1.84. The third-order valence-electron chi connectivity index (χ3n) is 2.70. The van der Waals surface area contributed by atoms with Gasteiger partial charge in [0.1, 0.15) is 0 Å². The van der Waals surface area contributed by atoms with Crippen molar-refractivity contribution < 1.29 is 5.11 Å². The second-order valence-corrected chi connectivity index (χ2v) is 5.48. The molecule has 0 heterocycles. The van der Waals surface area contributed by atoms with Crippen LogP contribution in [-0.2, 0) is 6.54 Å². The Morgan fingerprint density at radius 2 is 1.75 bits per heavy atom. The standard InChI is InChI=1S/C14H23NO/c1-12-5-7-13(8-6-12)9-15(4)10-14(2,3)11-16/h5-8,16H,9-11H2,1-4H3. The summed E-state index contributed by atoms with van der Waals surface area (Å²) in [4.78, 5) is 2.25. The summed E-state index contributed by atoms with van der Waals surface area (Å²) < 4.78 is 0. The van der Waals surface area contributed by atoms with Crippen LogP contribution >= 0.6 is 0 Å². The Kier molecular flexibility index (Phi) is 4.51. The van der Waals surface area contributed by atoms with Crippen LogP contribution in [0.4, 0.5) is 0 Å². The van der Waals surface area contributed by atoms with E-state index in [1.807, 2.05) is 0 Å². The first-order valence-corrected chi connectivity index (χ1v) is 5.78. The smallest absolute Gasteiger partial charge is 0.0494 e. The van der Waals surface area contributed by atoms with Crippen LogP contribution < -0.4 is 0 Å². The number of nitrogens with zero attached hydrogens (tertiary/aromatic N) is 1. The number of hydrogen-bond donors (Lipinski definition) is 1. The van der Waals surface area contributed by atoms with Crippen molar-refractivity contribution in [1.29, 1.82) is 0 Å². The Bertz CT molecular complexity index is 316. The summed E-state index contributed by atoms with van der Waals surface area (Å²) in [6, 6.07) is 8.61. The minimum absolute atomic E-state index is 0.0283. The number of aryl methyl sites for hydroxylation is 1. The van der Waals surface area contributed by atoms with E-state index in [4.69, 9.17) is 0 Å². The molecule has 1 rings (SSSR count). The van der Waals surface area contributed by atoms with Crippen molar-refractivity contribution in [3.63, 3.8) is 0 Å². The first-order valence-electron chi connectivity index (χ1n) is 5.78. The van der Waals surface area contributed by atoms with Gasteiger partial charge in [-0.1, -0.05) is 43.7 Å². The van der Waals surface area contributed by atoms with E-state index in [1.165, 1.54) is 11.1 Å². The third kappa shape index (κ3) is 4.33. The van der Waals surface area contributed by atoms with Gasteiger partial charge in [0.2, 0.25) is 0 Å². The summed E-state index contributed by atoms with van der Waals surface area (Å²) in [6.45, 7) is 8.33. The van der Waals surface area contributed by atoms with Gasteiger partial charge in [0.15, 0.2) is 0 Å². The van der Waals surface area contributed by atoms with E-state index < -0.39 is 0 Å². The minimum atomic E-state index is -0.0283. The van der Waals surface area contributed by atoms with Gasteiger partial charge in [-0.15, -0.1) is 0 Å². The second kappa shape index (κ2) is 5.46. The number of aliphatic hydroxyl groups is 1. The summed E-state index contributed by atoms with van der Waals surface area (Å²) in [5.74, 6) is 0. The molecule has 0 atom stereocenters. The highest BCUT2D eigenvalue weighted by Crippen LogP contribution is 2.16. The number of aliphatic hydroxyl groups excluding tert-OH is 1. The van der Waals surface area contributed by atoms with Gasteiger partial charge in [-0.05, 0) is 19.5 Å². The van der Waals surface area contributed by atoms with Crippen molar-refractivity contribution in [1.82, 2.24) is 4.90 Å². The van der Waals surface area contributed by atoms with Crippen LogP contribution in [0.15, 0.2) is 24.3 Å². The number of benzene rings is 1. The molecule has 0 saturated carbocycles. The van der Waals surface area contributed by atoms with Crippen LogP contribution in [0.25, 0.3) is 0 Å². The Morgan fingerprint density at radius 3 is 2.25 bits per heavy atom. The molecule has 0 fully saturated rings. The monoisotopic (exact) mass is 221 g/mol. The molecule has 0 bridgehead atoms. The van der Waals surface area contributed by atoms with Gasteiger partial charge in [-0.3, -0.25) is 0 Å². The Hall–Kier alpha value is -0.860. The molecular formula is C14H23NO. The van der Waals surface area contributed by atoms with E-state index in [0.717, 1.165) is 13.1 Å². The van der Waals surface area contributed by atoms with E-state index >= 15 is 0 Å². The second-order valence-electron chi connectivity index (χ2n) is 5.48. The van der Waals surface area contributed by atoms with E-state index in [-0.39, 0.29) is 12.0 Å². The van der Waals surface area contributed by atoms with Gasteiger partial charge < -0.3 is 10.0 Å². The molecule has 0 aliphatic carbocycles. The molecule has 1 aromatic rings. The lowest BCUT2D eigenvalue weighted by molar-refractivity contribution is 0.112. The highest BCUT2D eigenvalue weighted by Gasteiger charge is 2.18. The van der Waals surface area contributed by atoms with Gasteiger partial charge in [0, 0.05) is 25.1 Å². The van der Waals surface area contributed by atoms with Crippen molar-refractivity contribution >= 4 is 0 Å². The first kappa shape index (κ1) is 13.2. The first-order chi connectivity index (χ1) is 7.43. The molecular weight excluding hydrogens is 198 g/mol. The average Bonchev–Trinajstić information content (AvgIpc) is 2.21. The van der Waals surface area contributed by atoms with Gasteiger partial charge in [-0.25, -0.2) is 0 Å². The van der Waals surface area contributed by atoms with E-state index in [0.29, 0.717) is 0 Å². The van der Waals surface area contributed by atoms with Crippen molar-refractivity contribution in [3.8, 4) is 0 Å². The summed E-state index contributed by atoms with van der Waals surface area (Å²) in [7, 11) is 2.09.